The van der Waals surface area contributed by atoms with Gasteiger partial charge in [-0.1, -0.05) is 60.1 Å². The number of amides is 1. The zero-order valence-electron chi connectivity index (χ0n) is 15.8. The number of benzene rings is 2. The molecule has 2 aromatic carbocycles. The molecule has 30 heavy (non-hydrogen) atoms. The first-order valence-electron chi connectivity index (χ1n) is 9.18. The Hall–Kier alpha value is -3.29. The van der Waals surface area contributed by atoms with Crippen molar-refractivity contribution in [1.29, 1.82) is 0 Å². The minimum absolute atomic E-state index is 0.233. The first-order chi connectivity index (χ1) is 14.6. The van der Waals surface area contributed by atoms with Crippen LogP contribution in [0.15, 0.2) is 88.1 Å². The third kappa shape index (κ3) is 4.64. The Balaban J connectivity index is 1.57. The molecule has 0 N–H and O–H groups in total. The second-order valence-corrected chi connectivity index (χ2v) is 7.77. The van der Waals surface area contributed by atoms with Crippen LogP contribution in [0.3, 0.4) is 0 Å². The van der Waals surface area contributed by atoms with E-state index in [1.54, 1.807) is 6.07 Å². The van der Waals surface area contributed by atoms with Gasteiger partial charge in [-0.05, 0) is 17.7 Å². The minimum Gasteiger partial charge on any atom is -0.319 e. The Kier molecular flexibility index (Phi) is 6.02. The van der Waals surface area contributed by atoms with Gasteiger partial charge in [0, 0.05) is 28.2 Å². The molecule has 2 aromatic heterocycles. The SMILES string of the molecule is O=C(Cn1nc(-c2ccccc2)ccc1=O)N=c1sccn1Cc1ccccc1Cl. The van der Waals surface area contributed by atoms with Gasteiger partial charge in [-0.2, -0.15) is 10.1 Å². The first-order valence-corrected chi connectivity index (χ1v) is 10.4. The summed E-state index contributed by atoms with van der Waals surface area (Å²) in [6, 6.07) is 20.1. The van der Waals surface area contributed by atoms with E-state index in [-0.39, 0.29) is 12.1 Å². The monoisotopic (exact) mass is 436 g/mol. The van der Waals surface area contributed by atoms with Crippen molar-refractivity contribution < 1.29 is 4.79 Å². The fraction of sp³-hybridized carbons (Fsp3) is 0.0909. The lowest BCUT2D eigenvalue weighted by Crippen LogP contribution is -2.27. The molecule has 150 valence electrons. The third-order valence-electron chi connectivity index (χ3n) is 4.40. The molecule has 0 saturated carbocycles. The highest BCUT2D eigenvalue weighted by Gasteiger charge is 2.09. The smallest absolute Gasteiger partial charge is 0.270 e. The molecule has 2 heterocycles. The van der Waals surface area contributed by atoms with E-state index in [4.69, 9.17) is 11.6 Å². The average Bonchev–Trinajstić information content (AvgIpc) is 3.18. The van der Waals surface area contributed by atoms with E-state index in [1.165, 1.54) is 17.4 Å². The molecule has 0 fully saturated rings. The van der Waals surface area contributed by atoms with Crippen molar-refractivity contribution in [3.8, 4) is 11.3 Å². The molecule has 4 aromatic rings. The summed E-state index contributed by atoms with van der Waals surface area (Å²) < 4.78 is 2.99. The van der Waals surface area contributed by atoms with Gasteiger partial charge >= 0.3 is 0 Å². The predicted octanol–water partition coefficient (Wildman–Crippen LogP) is 3.60. The van der Waals surface area contributed by atoms with Crippen molar-refractivity contribution in [2.75, 3.05) is 0 Å². The number of thiazole rings is 1. The molecule has 0 aliphatic rings. The lowest BCUT2D eigenvalue weighted by Gasteiger charge is -2.06. The van der Waals surface area contributed by atoms with Crippen LogP contribution in [0.2, 0.25) is 5.02 Å². The van der Waals surface area contributed by atoms with Crippen molar-refractivity contribution >= 4 is 28.8 Å². The van der Waals surface area contributed by atoms with Crippen LogP contribution in [0, 0.1) is 0 Å². The van der Waals surface area contributed by atoms with Gasteiger partial charge in [0.15, 0.2) is 4.80 Å². The summed E-state index contributed by atoms with van der Waals surface area (Å²) in [6.07, 6.45) is 1.85. The average molecular weight is 437 g/mol. The Morgan fingerprint density at radius 2 is 1.80 bits per heavy atom. The van der Waals surface area contributed by atoms with Crippen LogP contribution < -0.4 is 10.4 Å². The normalized spacial score (nSPS) is 11.6. The molecule has 0 unspecified atom stereocenters. The van der Waals surface area contributed by atoms with Gasteiger partial charge in [-0.15, -0.1) is 11.3 Å². The van der Waals surface area contributed by atoms with E-state index in [9.17, 15) is 9.59 Å². The predicted molar refractivity (Wildman–Crippen MR) is 117 cm³/mol. The van der Waals surface area contributed by atoms with Gasteiger partial charge in [0.1, 0.15) is 6.54 Å². The van der Waals surface area contributed by atoms with Crippen molar-refractivity contribution in [1.82, 2.24) is 14.3 Å². The van der Waals surface area contributed by atoms with Gasteiger partial charge in [0.25, 0.3) is 11.5 Å². The second-order valence-electron chi connectivity index (χ2n) is 6.49. The van der Waals surface area contributed by atoms with Crippen molar-refractivity contribution in [3.63, 3.8) is 0 Å². The fourth-order valence-corrected chi connectivity index (χ4v) is 3.85. The summed E-state index contributed by atoms with van der Waals surface area (Å²) in [4.78, 5) is 29.4. The van der Waals surface area contributed by atoms with Crippen LogP contribution in [0.4, 0.5) is 0 Å². The van der Waals surface area contributed by atoms with E-state index in [0.717, 1.165) is 15.8 Å². The maximum absolute atomic E-state index is 12.6. The van der Waals surface area contributed by atoms with Crippen molar-refractivity contribution in [3.05, 3.63) is 104 Å². The number of carbonyl (C=O) groups is 1. The summed E-state index contributed by atoms with van der Waals surface area (Å²) in [5.41, 5.74) is 2.06. The number of halogens is 1. The van der Waals surface area contributed by atoms with Crippen LogP contribution in [-0.4, -0.2) is 20.3 Å². The Morgan fingerprint density at radius 3 is 2.60 bits per heavy atom. The highest BCUT2D eigenvalue weighted by molar-refractivity contribution is 7.07. The summed E-state index contributed by atoms with van der Waals surface area (Å²) in [6.45, 7) is 0.264. The molecule has 0 aliphatic heterocycles. The molecule has 0 aliphatic carbocycles. The quantitative estimate of drug-likeness (QED) is 0.480. The lowest BCUT2D eigenvalue weighted by molar-refractivity contribution is -0.118. The van der Waals surface area contributed by atoms with Gasteiger partial charge in [0.2, 0.25) is 0 Å². The first kappa shape index (κ1) is 20.0. The second kappa shape index (κ2) is 9.02. The Bertz CT molecular complexity index is 1310. The van der Waals surface area contributed by atoms with Crippen molar-refractivity contribution in [2.24, 2.45) is 4.99 Å². The number of aromatic nitrogens is 3. The summed E-state index contributed by atoms with van der Waals surface area (Å²) in [5, 5.41) is 6.82. The highest BCUT2D eigenvalue weighted by atomic mass is 35.5. The van der Waals surface area contributed by atoms with Crippen molar-refractivity contribution in [2.45, 2.75) is 13.1 Å². The van der Waals surface area contributed by atoms with Crippen LogP contribution in [0.5, 0.6) is 0 Å². The third-order valence-corrected chi connectivity index (χ3v) is 5.56. The highest BCUT2D eigenvalue weighted by Crippen LogP contribution is 2.16. The summed E-state index contributed by atoms with van der Waals surface area (Å²) >= 11 is 7.58. The van der Waals surface area contributed by atoms with E-state index in [1.807, 2.05) is 70.7 Å². The van der Waals surface area contributed by atoms with Gasteiger partial charge in [0.05, 0.1) is 12.2 Å². The van der Waals surface area contributed by atoms with E-state index in [0.29, 0.717) is 22.1 Å². The zero-order chi connectivity index (χ0) is 20.9. The van der Waals surface area contributed by atoms with Crippen LogP contribution >= 0.6 is 22.9 Å². The number of hydrogen-bond donors (Lipinski definition) is 0. The standard InChI is InChI=1S/C22H17ClN4O2S/c23-18-9-5-4-8-17(18)14-26-12-13-30-22(26)24-20(28)15-27-21(29)11-10-19(25-27)16-6-2-1-3-7-16/h1-13H,14-15H2. The summed E-state index contributed by atoms with van der Waals surface area (Å²) in [7, 11) is 0. The van der Waals surface area contributed by atoms with E-state index >= 15 is 0 Å². The van der Waals surface area contributed by atoms with Gasteiger partial charge < -0.3 is 4.57 Å². The molecule has 0 spiro atoms. The number of hydrogen-bond acceptors (Lipinski definition) is 4. The van der Waals surface area contributed by atoms with Crippen LogP contribution in [0.1, 0.15) is 5.56 Å². The molecule has 1 amide bonds. The largest absolute Gasteiger partial charge is 0.319 e. The zero-order valence-corrected chi connectivity index (χ0v) is 17.4. The molecule has 4 rings (SSSR count). The Morgan fingerprint density at radius 1 is 1.03 bits per heavy atom. The van der Waals surface area contributed by atoms with E-state index in [2.05, 4.69) is 10.1 Å². The molecule has 0 radical (unpaired) electrons. The molecular weight excluding hydrogens is 420 g/mol. The maximum Gasteiger partial charge on any atom is 0.270 e. The number of carbonyl (C=O) groups excluding carboxylic acids is 1. The van der Waals surface area contributed by atoms with Crippen LogP contribution in [-0.2, 0) is 17.9 Å². The molecule has 0 bridgehead atoms. The molecule has 6 nitrogen and oxygen atoms in total. The molecule has 0 atom stereocenters. The lowest BCUT2D eigenvalue weighted by atomic mass is 10.1. The maximum atomic E-state index is 12.6. The van der Waals surface area contributed by atoms with Gasteiger partial charge in [-0.25, -0.2) is 4.68 Å². The number of rotatable bonds is 5. The van der Waals surface area contributed by atoms with Crippen LogP contribution in [0.25, 0.3) is 11.3 Å². The Labute approximate surface area is 181 Å². The summed E-state index contributed by atoms with van der Waals surface area (Å²) in [5.74, 6) is -0.454. The van der Waals surface area contributed by atoms with E-state index < -0.39 is 5.91 Å². The molecular formula is C22H17ClN4O2S. The molecule has 8 heteroatoms. The van der Waals surface area contributed by atoms with Gasteiger partial charge in [-0.3, -0.25) is 9.59 Å². The minimum atomic E-state index is -0.454. The fourth-order valence-electron chi connectivity index (χ4n) is 2.91. The topological polar surface area (TPSA) is 69.2 Å². The molecule has 0 saturated heterocycles. The number of nitrogens with zero attached hydrogens (tertiary/aromatic N) is 4.